The van der Waals surface area contributed by atoms with Crippen molar-refractivity contribution in [1.82, 2.24) is 0 Å². The van der Waals surface area contributed by atoms with Gasteiger partial charge in [-0.25, -0.2) is 0 Å². The van der Waals surface area contributed by atoms with Gasteiger partial charge in [-0.3, -0.25) is 0 Å². The summed E-state index contributed by atoms with van der Waals surface area (Å²) in [7, 11) is -5.39. The van der Waals surface area contributed by atoms with Crippen LogP contribution in [0.15, 0.2) is 30.3 Å². The zero-order valence-electron chi connectivity index (χ0n) is 9.54. The van der Waals surface area contributed by atoms with Crippen molar-refractivity contribution in [3.05, 3.63) is 35.9 Å². The van der Waals surface area contributed by atoms with Crippen molar-refractivity contribution in [1.29, 1.82) is 0 Å². The third-order valence-corrected chi connectivity index (χ3v) is 1.64. The Hall–Kier alpha value is -0.138. The van der Waals surface area contributed by atoms with E-state index in [4.69, 9.17) is 19.2 Å². The van der Waals surface area contributed by atoms with Gasteiger partial charge in [-0.05, 0) is 11.0 Å². The maximum absolute atomic E-state index is 8.55. The van der Waals surface area contributed by atoms with E-state index >= 15 is 0 Å². The van der Waals surface area contributed by atoms with E-state index in [1.807, 2.05) is 0 Å². The molecule has 4 nitrogen and oxygen atoms in total. The molecule has 0 amide bonds. The number of rotatable bonds is 0. The van der Waals surface area contributed by atoms with Gasteiger partial charge in [-0.15, -0.1) is 0 Å². The molecule has 0 heterocycles. The molecule has 16 heavy (non-hydrogen) atoms. The number of hydrogen-bond acceptors (Lipinski definition) is 4. The molecule has 0 radical (unpaired) electrons. The fraction of sp³-hybridized carbons (Fsp3) is 0.400. The van der Waals surface area contributed by atoms with Crippen LogP contribution in [-0.4, -0.2) is 17.4 Å². The Balaban J connectivity index is 0. The van der Waals surface area contributed by atoms with E-state index in [1.54, 1.807) is 0 Å². The van der Waals surface area contributed by atoms with Crippen LogP contribution in [0.2, 0.25) is 0 Å². The fourth-order valence-corrected chi connectivity index (χ4v) is 0.938. The van der Waals surface area contributed by atoms with Gasteiger partial charge in [-0.2, -0.15) is 7.82 Å². The molecule has 0 saturated carbocycles. The van der Waals surface area contributed by atoms with Crippen LogP contribution < -0.4 is 14.7 Å². The van der Waals surface area contributed by atoms with Crippen LogP contribution in [0.4, 0.5) is 0 Å². The third-order valence-electron chi connectivity index (χ3n) is 1.64. The van der Waals surface area contributed by atoms with E-state index in [2.05, 4.69) is 51.1 Å². The quantitative estimate of drug-likeness (QED) is 0.474. The van der Waals surface area contributed by atoms with E-state index in [9.17, 15) is 0 Å². The van der Waals surface area contributed by atoms with E-state index in [0.29, 0.717) is 5.41 Å². The molecule has 0 aliphatic carbocycles. The second-order valence-corrected chi connectivity index (χ2v) is 4.96. The molecule has 0 aliphatic heterocycles. The van der Waals surface area contributed by atoms with Crippen molar-refractivity contribution in [2.24, 2.45) is 0 Å². The zero-order valence-corrected chi connectivity index (χ0v) is 11.6. The molecule has 1 aromatic carbocycles. The van der Waals surface area contributed by atoms with Gasteiger partial charge in [0.05, 0.1) is 0 Å². The first kappa shape index (κ1) is 18.2. The molecule has 0 saturated heterocycles. The van der Waals surface area contributed by atoms with Crippen LogP contribution >= 0.6 is 7.82 Å². The molecule has 0 unspecified atom stereocenters. The van der Waals surface area contributed by atoms with Gasteiger partial charge in [0.25, 0.3) is 0 Å². The fourth-order valence-electron chi connectivity index (χ4n) is 0.938. The molecule has 0 bridgehead atoms. The SMILES string of the molecule is CC(C)(C)c1ccccc1.O=P([O-])([O-])[O-].[Al+3]. The predicted molar refractivity (Wildman–Crippen MR) is 58.5 cm³/mol. The molecular weight excluding hydrogens is 242 g/mol. The summed E-state index contributed by atoms with van der Waals surface area (Å²) in [5.74, 6) is 0. The van der Waals surface area contributed by atoms with Gasteiger partial charge < -0.3 is 19.2 Å². The topological polar surface area (TPSA) is 86.2 Å². The van der Waals surface area contributed by atoms with Crippen LogP contribution in [0.25, 0.3) is 0 Å². The minimum absolute atomic E-state index is 0. The summed E-state index contributed by atoms with van der Waals surface area (Å²) < 4.78 is 8.55. The van der Waals surface area contributed by atoms with E-state index in [-0.39, 0.29) is 17.4 Å². The van der Waals surface area contributed by atoms with Crippen molar-refractivity contribution in [3.8, 4) is 0 Å². The minimum Gasteiger partial charge on any atom is -0.822 e. The Kier molecular flexibility index (Phi) is 8.25. The first-order chi connectivity index (χ1) is 6.61. The van der Waals surface area contributed by atoms with Crippen molar-refractivity contribution in [2.45, 2.75) is 26.2 Å². The minimum atomic E-state index is -5.39. The van der Waals surface area contributed by atoms with Gasteiger partial charge in [0.15, 0.2) is 0 Å². The average Bonchev–Trinajstić information content (AvgIpc) is 2.01. The van der Waals surface area contributed by atoms with Crippen LogP contribution in [0.1, 0.15) is 26.3 Å². The van der Waals surface area contributed by atoms with Crippen LogP contribution in [0, 0.1) is 0 Å². The predicted octanol–water partition coefficient (Wildman–Crippen LogP) is -0.221. The van der Waals surface area contributed by atoms with Gasteiger partial charge in [0, 0.05) is 0 Å². The van der Waals surface area contributed by atoms with Gasteiger partial charge in [0.1, 0.15) is 0 Å². The number of phosphoric acid groups is 1. The van der Waals surface area contributed by atoms with Crippen LogP contribution in [0.3, 0.4) is 0 Å². The van der Waals surface area contributed by atoms with Crippen molar-refractivity contribution in [3.63, 3.8) is 0 Å². The van der Waals surface area contributed by atoms with E-state index in [0.717, 1.165) is 0 Å². The van der Waals surface area contributed by atoms with Gasteiger partial charge in [-0.1, -0.05) is 51.1 Å². The molecule has 0 N–H and O–H groups in total. The Morgan fingerprint density at radius 1 is 1.00 bits per heavy atom. The Bertz CT molecular complexity index is 320. The Morgan fingerprint density at radius 3 is 1.50 bits per heavy atom. The molecule has 1 rings (SSSR count). The molecule has 1 aromatic rings. The largest absolute Gasteiger partial charge is 3.00 e. The standard InChI is InChI=1S/C10H14.Al.H3O4P/c1-10(2,3)9-7-5-4-6-8-9;;1-5(2,3)4/h4-8H,1-3H3;;(H3,1,2,3,4)/q;+3;/p-3. The van der Waals surface area contributed by atoms with Crippen LogP contribution in [0.5, 0.6) is 0 Å². The molecule has 0 aromatic heterocycles. The normalized spacial score (nSPS) is 10.9. The average molecular weight is 256 g/mol. The third kappa shape index (κ3) is 11.9. The van der Waals surface area contributed by atoms with Gasteiger partial charge in [0.2, 0.25) is 0 Å². The van der Waals surface area contributed by atoms with E-state index < -0.39 is 7.82 Å². The summed E-state index contributed by atoms with van der Waals surface area (Å²) in [4.78, 5) is 25.6. The molecule has 86 valence electrons. The summed E-state index contributed by atoms with van der Waals surface area (Å²) in [6.45, 7) is 6.67. The molecule has 0 spiro atoms. The molecule has 0 aliphatic rings. The summed E-state index contributed by atoms with van der Waals surface area (Å²) in [5, 5.41) is 0. The first-order valence-electron chi connectivity index (χ1n) is 4.39. The molecule has 6 heteroatoms. The van der Waals surface area contributed by atoms with E-state index in [1.165, 1.54) is 5.56 Å². The summed E-state index contributed by atoms with van der Waals surface area (Å²) >= 11 is 0. The Morgan fingerprint density at radius 2 is 1.31 bits per heavy atom. The molecule has 0 fully saturated rings. The Labute approximate surface area is 107 Å². The van der Waals surface area contributed by atoms with Crippen molar-refractivity contribution >= 4 is 25.2 Å². The second kappa shape index (κ2) is 7.24. The molecular formula is C10H14AlO4P. The number of hydrogen-bond donors (Lipinski definition) is 0. The molecule has 0 atom stereocenters. The van der Waals surface area contributed by atoms with Crippen LogP contribution in [-0.2, 0) is 9.98 Å². The monoisotopic (exact) mass is 256 g/mol. The summed E-state index contributed by atoms with van der Waals surface area (Å²) in [5.41, 5.74) is 1.69. The van der Waals surface area contributed by atoms with Crippen molar-refractivity contribution < 1.29 is 19.2 Å². The first-order valence-corrected chi connectivity index (χ1v) is 5.85. The van der Waals surface area contributed by atoms with Gasteiger partial charge >= 0.3 is 17.4 Å². The van der Waals surface area contributed by atoms with Crippen molar-refractivity contribution in [2.75, 3.05) is 0 Å². The summed E-state index contributed by atoms with van der Waals surface area (Å²) in [6.07, 6.45) is 0. The maximum Gasteiger partial charge on any atom is 3.00 e. The second-order valence-electron chi connectivity index (χ2n) is 4.06. The number of benzene rings is 1. The summed E-state index contributed by atoms with van der Waals surface area (Å²) in [6, 6.07) is 10.6. The zero-order chi connectivity index (χ0) is 12.1. The smallest absolute Gasteiger partial charge is 0.822 e. The maximum atomic E-state index is 8.55.